The maximum absolute atomic E-state index is 14.1. The topological polar surface area (TPSA) is 63.4 Å². The maximum atomic E-state index is 14.1. The van der Waals surface area contributed by atoms with Gasteiger partial charge >= 0.3 is 0 Å². The molecule has 1 aromatic heterocycles. The molecule has 2 aliphatic heterocycles. The fourth-order valence-electron chi connectivity index (χ4n) is 5.12. The van der Waals surface area contributed by atoms with Crippen LogP contribution < -0.4 is 4.74 Å². The lowest BCUT2D eigenvalue weighted by molar-refractivity contribution is -0.0694. The number of benzene rings is 2. The summed E-state index contributed by atoms with van der Waals surface area (Å²) in [6, 6.07) is 9.84. The summed E-state index contributed by atoms with van der Waals surface area (Å²) in [4.78, 5) is 6.30. The molecule has 6 nitrogen and oxygen atoms in total. The molecule has 1 N–H and O–H groups in total. The molecule has 8 heteroatoms. The second-order valence-electron chi connectivity index (χ2n) is 9.35. The number of imidazole rings is 1. The van der Waals surface area contributed by atoms with Crippen molar-refractivity contribution in [3.63, 3.8) is 0 Å². The summed E-state index contributed by atoms with van der Waals surface area (Å²) in [7, 11) is 1.63. The summed E-state index contributed by atoms with van der Waals surface area (Å²) < 4.78 is 41.1. The van der Waals surface area contributed by atoms with Crippen LogP contribution in [0.5, 0.6) is 5.75 Å². The van der Waals surface area contributed by atoms with Gasteiger partial charge in [-0.2, -0.15) is 0 Å². The van der Waals surface area contributed by atoms with Crippen LogP contribution in [0.25, 0.3) is 11.8 Å². The third-order valence-corrected chi connectivity index (χ3v) is 6.96. The second-order valence-corrected chi connectivity index (χ2v) is 9.35. The van der Waals surface area contributed by atoms with E-state index >= 15 is 0 Å². The van der Waals surface area contributed by atoms with Gasteiger partial charge < -0.3 is 18.9 Å². The van der Waals surface area contributed by atoms with Crippen LogP contribution >= 0.6 is 0 Å². The first-order valence-electron chi connectivity index (χ1n) is 11.6. The molecule has 2 aliphatic rings. The van der Waals surface area contributed by atoms with E-state index in [4.69, 9.17) is 14.9 Å². The third-order valence-electron chi connectivity index (χ3n) is 6.96. The summed E-state index contributed by atoms with van der Waals surface area (Å²) in [5.41, 5.74) is 3.41. The highest BCUT2D eigenvalue weighted by Crippen LogP contribution is 2.40. The second kappa shape index (κ2) is 8.92. The Morgan fingerprint density at radius 2 is 2.03 bits per heavy atom. The van der Waals surface area contributed by atoms with Gasteiger partial charge in [0.2, 0.25) is 0 Å². The van der Waals surface area contributed by atoms with Crippen LogP contribution in [0.3, 0.4) is 0 Å². The Morgan fingerprint density at radius 1 is 1.20 bits per heavy atom. The molecule has 0 aliphatic carbocycles. The molecule has 2 fully saturated rings. The van der Waals surface area contributed by atoms with Gasteiger partial charge in [0.05, 0.1) is 49.6 Å². The number of piperidine rings is 1. The molecule has 0 amide bonds. The van der Waals surface area contributed by atoms with Crippen molar-refractivity contribution in [3.8, 4) is 11.4 Å². The van der Waals surface area contributed by atoms with Crippen LogP contribution in [0.4, 0.5) is 8.78 Å². The van der Waals surface area contributed by atoms with Crippen LogP contribution in [0.2, 0.25) is 0 Å². The number of nitrogens with one attached hydrogen (secondary N) is 1. The van der Waals surface area contributed by atoms with E-state index in [9.17, 15) is 8.78 Å². The maximum Gasteiger partial charge on any atom is 0.159 e. The van der Waals surface area contributed by atoms with Gasteiger partial charge in [0.1, 0.15) is 11.6 Å². The van der Waals surface area contributed by atoms with Crippen LogP contribution in [0, 0.1) is 24.0 Å². The number of amidine groups is 1. The van der Waals surface area contributed by atoms with Gasteiger partial charge in [-0.15, -0.1) is 0 Å². The smallest absolute Gasteiger partial charge is 0.159 e. The molecule has 2 aromatic carbocycles. The summed E-state index contributed by atoms with van der Waals surface area (Å²) in [6.07, 6.45) is 7.22. The molecule has 2 saturated heterocycles. The summed E-state index contributed by atoms with van der Waals surface area (Å²) in [5.74, 6) is -0.700. The lowest BCUT2D eigenvalue weighted by atomic mass is 9.83. The molecule has 0 spiro atoms. The fraction of sp³-hybridized carbons (Fsp3) is 0.333. The van der Waals surface area contributed by atoms with Crippen molar-refractivity contribution in [1.82, 2.24) is 14.5 Å². The molecule has 2 atom stereocenters. The predicted octanol–water partition coefficient (Wildman–Crippen LogP) is 5.24. The first-order valence-corrected chi connectivity index (χ1v) is 11.6. The predicted molar refractivity (Wildman–Crippen MR) is 130 cm³/mol. The number of hydrogen-bond acceptors (Lipinski definition) is 4. The molecular formula is C27H28F2N4O2. The number of halogens is 2. The summed E-state index contributed by atoms with van der Waals surface area (Å²) in [6.45, 7) is 4.65. The number of morpholine rings is 1. The van der Waals surface area contributed by atoms with E-state index < -0.39 is 17.2 Å². The number of rotatable bonds is 4. The zero-order chi connectivity index (χ0) is 24.7. The van der Waals surface area contributed by atoms with E-state index in [0.29, 0.717) is 23.8 Å². The largest absolute Gasteiger partial charge is 0.495 e. The van der Waals surface area contributed by atoms with Crippen LogP contribution in [-0.2, 0) is 10.3 Å². The van der Waals surface area contributed by atoms with Crippen molar-refractivity contribution in [2.45, 2.75) is 38.3 Å². The van der Waals surface area contributed by atoms with Crippen molar-refractivity contribution in [2.75, 3.05) is 20.3 Å². The minimum absolute atomic E-state index is 0.00657. The Labute approximate surface area is 203 Å². The van der Waals surface area contributed by atoms with Gasteiger partial charge in [-0.05, 0) is 73.7 Å². The number of aryl methyl sites for hydroxylation is 1. The number of aromatic nitrogens is 2. The van der Waals surface area contributed by atoms with Crippen LogP contribution in [0.15, 0.2) is 54.5 Å². The van der Waals surface area contributed by atoms with Gasteiger partial charge in [-0.1, -0.05) is 12.1 Å². The highest BCUT2D eigenvalue weighted by Gasteiger charge is 2.46. The lowest BCUT2D eigenvalue weighted by Crippen LogP contribution is -2.62. The Balaban J connectivity index is 1.49. The molecule has 0 saturated carbocycles. The minimum atomic E-state index is -0.898. The van der Waals surface area contributed by atoms with Crippen LogP contribution in [0.1, 0.15) is 36.6 Å². The highest BCUT2D eigenvalue weighted by atomic mass is 19.2. The Morgan fingerprint density at radius 3 is 2.74 bits per heavy atom. The molecule has 35 heavy (non-hydrogen) atoms. The Bertz CT molecular complexity index is 1320. The van der Waals surface area contributed by atoms with Gasteiger partial charge in [-0.3, -0.25) is 5.41 Å². The molecular weight excluding hydrogens is 450 g/mol. The molecule has 5 rings (SSSR count). The van der Waals surface area contributed by atoms with Gasteiger partial charge in [0, 0.05) is 6.20 Å². The van der Waals surface area contributed by atoms with E-state index in [1.165, 1.54) is 6.07 Å². The molecule has 3 heterocycles. The van der Waals surface area contributed by atoms with Crippen molar-refractivity contribution < 1.29 is 18.3 Å². The minimum Gasteiger partial charge on any atom is -0.495 e. The van der Waals surface area contributed by atoms with E-state index in [1.807, 2.05) is 53.8 Å². The number of nitrogens with zero attached hydrogens (tertiary/aromatic N) is 3. The average Bonchev–Trinajstić information content (AvgIpc) is 3.28. The van der Waals surface area contributed by atoms with Gasteiger partial charge in [0.25, 0.3) is 0 Å². The van der Waals surface area contributed by atoms with Crippen molar-refractivity contribution in [3.05, 3.63) is 83.0 Å². The summed E-state index contributed by atoms with van der Waals surface area (Å²) >= 11 is 0. The monoisotopic (exact) mass is 478 g/mol. The normalized spacial score (nSPS) is 23.5. The first kappa shape index (κ1) is 23.2. The SMILES string of the molecule is COc1cc(C=C2CCC3COCC(C)(c4ccc(F)c(F)c4)N3C2=N)ccc1-n1cnc(C)c1. The highest BCUT2D eigenvalue weighted by molar-refractivity contribution is 6.01. The first-order chi connectivity index (χ1) is 16.8. The van der Waals surface area contributed by atoms with E-state index in [0.717, 1.165) is 41.4 Å². The number of fused-ring (bicyclic) bond motifs is 1. The zero-order valence-corrected chi connectivity index (χ0v) is 20.0. The fourth-order valence-corrected chi connectivity index (χ4v) is 5.12. The van der Waals surface area contributed by atoms with Gasteiger partial charge in [-0.25, -0.2) is 13.8 Å². The molecule has 0 radical (unpaired) electrons. The van der Waals surface area contributed by atoms with Crippen molar-refractivity contribution >= 4 is 11.9 Å². The van der Waals surface area contributed by atoms with Crippen molar-refractivity contribution in [2.24, 2.45) is 0 Å². The van der Waals surface area contributed by atoms with E-state index in [2.05, 4.69) is 4.98 Å². The van der Waals surface area contributed by atoms with E-state index in [1.54, 1.807) is 19.5 Å². The van der Waals surface area contributed by atoms with Crippen molar-refractivity contribution in [1.29, 1.82) is 5.41 Å². The number of methoxy groups -OCH3 is 1. The number of ether oxygens (including phenoxy) is 2. The molecule has 2 unspecified atom stereocenters. The number of hydrogen-bond donors (Lipinski definition) is 1. The van der Waals surface area contributed by atoms with Crippen LogP contribution in [-0.4, -0.2) is 46.7 Å². The lowest BCUT2D eigenvalue weighted by Gasteiger charge is -2.53. The third kappa shape index (κ3) is 4.12. The zero-order valence-electron chi connectivity index (χ0n) is 20.0. The molecule has 182 valence electrons. The molecule has 3 aromatic rings. The Hall–Kier alpha value is -3.52. The quantitative estimate of drug-likeness (QED) is 0.557. The summed E-state index contributed by atoms with van der Waals surface area (Å²) in [5, 5.41) is 9.09. The molecule has 0 bridgehead atoms. The van der Waals surface area contributed by atoms with Gasteiger partial charge in [0.15, 0.2) is 11.6 Å². The van der Waals surface area contributed by atoms with E-state index in [-0.39, 0.29) is 12.6 Å². The standard InChI is InChI=1S/C27H28F2N4O2/c1-17-13-32(16-31-17)24-9-4-18(11-25(24)34-3)10-19-5-7-21-14-35-15-27(2,33(21)26(19)30)20-6-8-22(28)23(29)12-20/h4,6,8-13,16,21,30H,5,7,14-15H2,1-3H3. The average molecular weight is 479 g/mol. The Kier molecular flexibility index (Phi) is 5.92.